The van der Waals surface area contributed by atoms with Gasteiger partial charge < -0.3 is 0 Å². The Kier molecular flexibility index (Phi) is 3.92. The molecule has 15 heavy (non-hydrogen) atoms. The van der Waals surface area contributed by atoms with Crippen LogP contribution in [0.5, 0.6) is 0 Å². The molecule has 1 rings (SSSR count). The fourth-order valence-electron chi connectivity index (χ4n) is 1.07. The van der Waals surface area contributed by atoms with Crippen molar-refractivity contribution in [2.75, 3.05) is 12.5 Å². The average molecular weight is 225 g/mol. The third-order valence-electron chi connectivity index (χ3n) is 1.59. The molecule has 0 aliphatic rings. The Morgan fingerprint density at radius 2 is 2.33 bits per heavy atom. The van der Waals surface area contributed by atoms with Crippen LogP contribution in [0.1, 0.15) is 13.3 Å². The molecule has 0 aliphatic carbocycles. The highest BCUT2D eigenvalue weighted by molar-refractivity contribution is 7.92. The van der Waals surface area contributed by atoms with Crippen LogP contribution in [0.2, 0.25) is 0 Å². The molecule has 5 heteroatoms. The first-order chi connectivity index (χ1) is 7.01. The lowest BCUT2D eigenvalue weighted by molar-refractivity contribution is 0.630. The molecule has 0 saturated heterocycles. The van der Waals surface area contributed by atoms with Crippen molar-refractivity contribution in [2.24, 2.45) is 4.36 Å². The first-order valence-electron chi connectivity index (χ1n) is 4.60. The summed E-state index contributed by atoms with van der Waals surface area (Å²) in [6.07, 6.45) is 7.38. The van der Waals surface area contributed by atoms with E-state index in [2.05, 4.69) is 21.3 Å². The van der Waals surface area contributed by atoms with Crippen molar-refractivity contribution in [1.82, 2.24) is 9.78 Å². The summed E-state index contributed by atoms with van der Waals surface area (Å²) in [7, 11) is -2.10. The van der Waals surface area contributed by atoms with Crippen LogP contribution in [0.15, 0.2) is 16.8 Å². The van der Waals surface area contributed by atoms with Gasteiger partial charge in [0.25, 0.3) is 0 Å². The van der Waals surface area contributed by atoms with Crippen molar-refractivity contribution in [1.29, 1.82) is 0 Å². The smallest absolute Gasteiger partial charge is 0.111 e. The molecule has 0 amide bonds. The van der Waals surface area contributed by atoms with Gasteiger partial charge in [0.05, 0.1) is 18.9 Å². The second-order valence-electron chi connectivity index (χ2n) is 3.41. The second kappa shape index (κ2) is 4.99. The minimum Gasteiger partial charge on any atom is -0.270 e. The number of nitrogens with zero attached hydrogens (tertiary/aromatic N) is 3. The van der Waals surface area contributed by atoms with Gasteiger partial charge in [-0.2, -0.15) is 9.46 Å². The van der Waals surface area contributed by atoms with E-state index in [1.807, 2.05) is 6.92 Å². The first-order valence-corrected chi connectivity index (χ1v) is 6.93. The summed E-state index contributed by atoms with van der Waals surface area (Å²) in [4.78, 5) is 0. The average Bonchev–Trinajstić information content (AvgIpc) is 2.50. The summed E-state index contributed by atoms with van der Waals surface area (Å²) in [5.41, 5.74) is 0.662. The fourth-order valence-corrected chi connectivity index (χ4v) is 1.67. The van der Waals surface area contributed by atoms with Gasteiger partial charge in [-0.25, -0.2) is 4.21 Å². The summed E-state index contributed by atoms with van der Waals surface area (Å²) >= 11 is 0. The maximum atomic E-state index is 11.4. The standard InChI is InChI=1S/C10H15N3OS/c1-4-5-6-7-13-9-10(8-11-13)12-15(2,3)14/h8-9H,6-7H2,1-3H3. The molecule has 0 aliphatic heterocycles. The molecule has 4 nitrogen and oxygen atoms in total. The number of hydrogen-bond donors (Lipinski definition) is 0. The summed E-state index contributed by atoms with van der Waals surface area (Å²) in [6, 6.07) is 0. The van der Waals surface area contributed by atoms with Crippen LogP contribution in [0.4, 0.5) is 5.69 Å². The maximum absolute atomic E-state index is 11.4. The van der Waals surface area contributed by atoms with Crippen LogP contribution in [0.25, 0.3) is 0 Å². The molecule has 82 valence electrons. The van der Waals surface area contributed by atoms with E-state index in [0.717, 1.165) is 13.0 Å². The number of rotatable bonds is 3. The van der Waals surface area contributed by atoms with Crippen molar-refractivity contribution >= 4 is 15.4 Å². The Bertz CT molecular complexity index is 490. The van der Waals surface area contributed by atoms with Crippen molar-refractivity contribution < 1.29 is 4.21 Å². The van der Waals surface area contributed by atoms with Crippen LogP contribution in [0, 0.1) is 11.8 Å². The molecular formula is C10H15N3OS. The summed E-state index contributed by atoms with van der Waals surface area (Å²) < 4.78 is 17.2. The van der Waals surface area contributed by atoms with Crippen LogP contribution >= 0.6 is 0 Å². The van der Waals surface area contributed by atoms with E-state index in [1.165, 1.54) is 0 Å². The predicted molar refractivity (Wildman–Crippen MR) is 62.4 cm³/mol. The van der Waals surface area contributed by atoms with Gasteiger partial charge in [-0.1, -0.05) is 0 Å². The third-order valence-corrected chi connectivity index (χ3v) is 2.24. The fraction of sp³-hybridized carbons (Fsp3) is 0.500. The molecule has 0 spiro atoms. The van der Waals surface area contributed by atoms with E-state index in [0.29, 0.717) is 5.69 Å². The lowest BCUT2D eigenvalue weighted by Gasteiger charge is -1.94. The quantitative estimate of drug-likeness (QED) is 0.734. The molecule has 0 atom stereocenters. The van der Waals surface area contributed by atoms with Crippen molar-refractivity contribution in [3.63, 3.8) is 0 Å². The van der Waals surface area contributed by atoms with E-state index in [4.69, 9.17) is 0 Å². The number of aromatic nitrogens is 2. The lowest BCUT2D eigenvalue weighted by atomic mass is 10.4. The highest BCUT2D eigenvalue weighted by Gasteiger charge is 1.98. The van der Waals surface area contributed by atoms with E-state index in [9.17, 15) is 4.21 Å². The molecule has 1 aromatic heterocycles. The van der Waals surface area contributed by atoms with Crippen LogP contribution in [-0.2, 0) is 16.3 Å². The monoisotopic (exact) mass is 225 g/mol. The van der Waals surface area contributed by atoms with Gasteiger partial charge in [-0.15, -0.1) is 11.8 Å². The maximum Gasteiger partial charge on any atom is 0.111 e. The third kappa shape index (κ3) is 4.66. The molecule has 0 saturated carbocycles. The zero-order chi connectivity index (χ0) is 11.3. The summed E-state index contributed by atoms with van der Waals surface area (Å²) in [5, 5.41) is 4.10. The summed E-state index contributed by atoms with van der Waals surface area (Å²) in [6.45, 7) is 2.55. The Morgan fingerprint density at radius 1 is 1.60 bits per heavy atom. The number of aryl methyl sites for hydroxylation is 1. The molecule has 0 fully saturated rings. The normalized spacial score (nSPS) is 10.6. The van der Waals surface area contributed by atoms with Gasteiger partial charge >= 0.3 is 0 Å². The Balaban J connectivity index is 2.72. The van der Waals surface area contributed by atoms with E-state index >= 15 is 0 Å². The minimum absolute atomic E-state index is 0.662. The van der Waals surface area contributed by atoms with Gasteiger partial charge in [-0.05, 0) is 6.92 Å². The van der Waals surface area contributed by atoms with Crippen LogP contribution in [0.3, 0.4) is 0 Å². The lowest BCUT2D eigenvalue weighted by Crippen LogP contribution is -1.96. The first kappa shape index (κ1) is 11.8. The zero-order valence-electron chi connectivity index (χ0n) is 9.23. The van der Waals surface area contributed by atoms with Crippen LogP contribution in [-0.4, -0.2) is 26.5 Å². The molecule has 0 unspecified atom stereocenters. The highest BCUT2D eigenvalue weighted by atomic mass is 32.2. The van der Waals surface area contributed by atoms with Crippen molar-refractivity contribution in [2.45, 2.75) is 19.9 Å². The SMILES string of the molecule is CC#CCCn1cc(N=S(C)(C)=O)cn1. The van der Waals surface area contributed by atoms with Gasteiger partial charge in [0.2, 0.25) is 0 Å². The number of hydrogen-bond acceptors (Lipinski definition) is 3. The Morgan fingerprint density at radius 3 is 2.93 bits per heavy atom. The molecule has 0 bridgehead atoms. The molecule has 1 aromatic rings. The van der Waals surface area contributed by atoms with Crippen molar-refractivity contribution in [3.05, 3.63) is 12.4 Å². The van der Waals surface area contributed by atoms with E-state index in [1.54, 1.807) is 29.6 Å². The Hall–Kier alpha value is -1.28. The molecule has 0 N–H and O–H groups in total. The Labute approximate surface area is 90.9 Å². The highest BCUT2D eigenvalue weighted by Crippen LogP contribution is 2.11. The van der Waals surface area contributed by atoms with Gasteiger partial charge in [0.1, 0.15) is 5.69 Å². The van der Waals surface area contributed by atoms with Gasteiger partial charge in [0, 0.05) is 28.7 Å². The second-order valence-corrected chi connectivity index (χ2v) is 5.96. The van der Waals surface area contributed by atoms with E-state index in [-0.39, 0.29) is 0 Å². The minimum atomic E-state index is -2.10. The topological polar surface area (TPSA) is 47.2 Å². The van der Waals surface area contributed by atoms with Gasteiger partial charge in [-0.3, -0.25) is 4.68 Å². The van der Waals surface area contributed by atoms with E-state index < -0.39 is 9.73 Å². The van der Waals surface area contributed by atoms with Gasteiger partial charge in [0.15, 0.2) is 0 Å². The molecular weight excluding hydrogens is 210 g/mol. The summed E-state index contributed by atoms with van der Waals surface area (Å²) in [5.74, 6) is 5.78. The van der Waals surface area contributed by atoms with Crippen molar-refractivity contribution in [3.8, 4) is 11.8 Å². The largest absolute Gasteiger partial charge is 0.270 e. The molecule has 0 radical (unpaired) electrons. The predicted octanol–water partition coefficient (Wildman–Crippen LogP) is 1.66. The van der Waals surface area contributed by atoms with Crippen LogP contribution < -0.4 is 0 Å². The zero-order valence-corrected chi connectivity index (χ0v) is 10.0. The molecule has 0 aromatic carbocycles. The molecule has 1 heterocycles.